The van der Waals surface area contributed by atoms with Crippen LogP contribution in [0, 0.1) is 0 Å². The van der Waals surface area contributed by atoms with Crippen LogP contribution in [0.25, 0.3) is 11.3 Å². The summed E-state index contributed by atoms with van der Waals surface area (Å²) in [4.78, 5) is 16.7. The summed E-state index contributed by atoms with van der Waals surface area (Å²) in [6.45, 7) is -0.145. The van der Waals surface area contributed by atoms with Crippen molar-refractivity contribution in [2.45, 2.75) is 12.8 Å². The maximum absolute atomic E-state index is 13.3. The molecule has 2 aliphatic heterocycles. The van der Waals surface area contributed by atoms with Gasteiger partial charge in [-0.2, -0.15) is 13.8 Å². The van der Waals surface area contributed by atoms with Gasteiger partial charge in [0, 0.05) is 30.9 Å². The first-order valence-corrected chi connectivity index (χ1v) is 8.81. The highest BCUT2D eigenvalue weighted by Crippen LogP contribution is 2.31. The monoisotopic (exact) mass is 396 g/mol. The van der Waals surface area contributed by atoms with Crippen molar-refractivity contribution in [1.82, 2.24) is 15.0 Å². The van der Waals surface area contributed by atoms with Gasteiger partial charge in [-0.05, 0) is 6.07 Å². The molecular formula is C17H19F3N6O2. The molecule has 2 aliphatic rings. The summed E-state index contributed by atoms with van der Waals surface area (Å²) >= 11 is 0. The Balaban J connectivity index is 1.72. The summed E-state index contributed by atoms with van der Waals surface area (Å²) in [6.07, 6.45) is 0.514. The predicted octanol–water partition coefficient (Wildman–Crippen LogP) is 1.72. The lowest BCUT2D eigenvalue weighted by Crippen LogP contribution is -2.49. The first kappa shape index (κ1) is 18.5. The van der Waals surface area contributed by atoms with Crippen LogP contribution in [0.4, 0.5) is 30.8 Å². The van der Waals surface area contributed by atoms with E-state index in [1.807, 2.05) is 4.90 Å². The minimum Gasteiger partial charge on any atom is -0.431 e. The van der Waals surface area contributed by atoms with Crippen molar-refractivity contribution in [3.63, 3.8) is 0 Å². The lowest BCUT2D eigenvalue weighted by atomic mass is 10.1. The van der Waals surface area contributed by atoms with E-state index in [9.17, 15) is 13.2 Å². The van der Waals surface area contributed by atoms with Gasteiger partial charge in [0.1, 0.15) is 12.0 Å². The molecule has 0 saturated carbocycles. The van der Waals surface area contributed by atoms with Crippen LogP contribution in [0.5, 0.6) is 5.75 Å². The molecule has 0 bridgehead atoms. The predicted molar refractivity (Wildman–Crippen MR) is 96.4 cm³/mol. The van der Waals surface area contributed by atoms with Gasteiger partial charge in [-0.15, -0.1) is 0 Å². The van der Waals surface area contributed by atoms with Gasteiger partial charge in [0.15, 0.2) is 11.6 Å². The fraction of sp³-hybridized carbons (Fsp3) is 0.471. The lowest BCUT2D eigenvalue weighted by molar-refractivity contribution is -0.0494. The molecule has 0 aromatic carbocycles. The number of nitrogen functional groups attached to an aromatic ring is 1. The zero-order chi connectivity index (χ0) is 19.7. The van der Waals surface area contributed by atoms with Crippen LogP contribution < -0.4 is 20.3 Å². The van der Waals surface area contributed by atoms with Gasteiger partial charge in [0.25, 0.3) is 0 Å². The second-order valence-corrected chi connectivity index (χ2v) is 6.50. The Morgan fingerprint density at radius 2 is 1.89 bits per heavy atom. The van der Waals surface area contributed by atoms with Crippen LogP contribution in [0.3, 0.4) is 0 Å². The normalized spacial score (nSPS) is 17.7. The van der Waals surface area contributed by atoms with Crippen molar-refractivity contribution in [1.29, 1.82) is 0 Å². The van der Waals surface area contributed by atoms with E-state index < -0.39 is 12.8 Å². The van der Waals surface area contributed by atoms with Crippen LogP contribution >= 0.6 is 0 Å². The number of hydrogen-bond donors (Lipinski definition) is 1. The second-order valence-electron chi connectivity index (χ2n) is 6.50. The zero-order valence-electron chi connectivity index (χ0n) is 14.9. The summed E-state index contributed by atoms with van der Waals surface area (Å²) in [6, 6.07) is 3.10. The number of halogens is 3. The van der Waals surface area contributed by atoms with Crippen LogP contribution in [0.1, 0.15) is 0 Å². The Hall–Kier alpha value is -2.82. The fourth-order valence-corrected chi connectivity index (χ4v) is 3.04. The highest BCUT2D eigenvalue weighted by atomic mass is 19.3. The Kier molecular flexibility index (Phi) is 5.07. The lowest BCUT2D eigenvalue weighted by Gasteiger charge is -2.35. The third kappa shape index (κ3) is 3.88. The molecule has 4 heterocycles. The summed E-state index contributed by atoms with van der Waals surface area (Å²) < 4.78 is 48.3. The summed E-state index contributed by atoms with van der Waals surface area (Å²) in [5.74, 6) is 0.655. The number of hydrogen-bond acceptors (Lipinski definition) is 8. The molecule has 0 atom stereocenters. The maximum Gasteiger partial charge on any atom is 0.387 e. The molecule has 4 rings (SSSR count). The van der Waals surface area contributed by atoms with Crippen molar-refractivity contribution in [2.75, 3.05) is 54.9 Å². The van der Waals surface area contributed by atoms with Crippen LogP contribution in [0.2, 0.25) is 0 Å². The van der Waals surface area contributed by atoms with Crippen molar-refractivity contribution in [3.05, 3.63) is 18.3 Å². The molecule has 2 aromatic heterocycles. The molecule has 2 aromatic rings. The molecular weight excluding hydrogens is 377 g/mol. The van der Waals surface area contributed by atoms with E-state index in [2.05, 4.69) is 19.7 Å². The molecule has 0 unspecified atom stereocenters. The summed E-state index contributed by atoms with van der Waals surface area (Å²) in [5, 5.41) is 0. The average molecular weight is 396 g/mol. The van der Waals surface area contributed by atoms with Gasteiger partial charge in [-0.1, -0.05) is 0 Å². The Morgan fingerprint density at radius 1 is 1.14 bits per heavy atom. The van der Waals surface area contributed by atoms with Crippen molar-refractivity contribution in [2.24, 2.45) is 0 Å². The van der Waals surface area contributed by atoms with Crippen LogP contribution in [0.15, 0.2) is 18.3 Å². The third-order valence-corrected chi connectivity index (χ3v) is 4.55. The molecule has 2 saturated heterocycles. The van der Waals surface area contributed by atoms with E-state index in [1.54, 1.807) is 11.0 Å². The van der Waals surface area contributed by atoms with E-state index in [4.69, 9.17) is 10.5 Å². The van der Waals surface area contributed by atoms with Crippen molar-refractivity contribution < 1.29 is 22.6 Å². The number of nitrogens with two attached hydrogens (primary N) is 1. The number of anilines is 3. The van der Waals surface area contributed by atoms with Gasteiger partial charge in [0.2, 0.25) is 5.95 Å². The second kappa shape index (κ2) is 7.66. The first-order valence-electron chi connectivity index (χ1n) is 8.81. The van der Waals surface area contributed by atoms with E-state index in [0.29, 0.717) is 49.3 Å². The number of aromatic nitrogens is 3. The molecule has 28 heavy (non-hydrogen) atoms. The average Bonchev–Trinajstić information content (AvgIpc) is 2.67. The number of morpholine rings is 1. The highest BCUT2D eigenvalue weighted by Gasteiger charge is 2.29. The highest BCUT2D eigenvalue weighted by molar-refractivity contribution is 5.68. The van der Waals surface area contributed by atoms with Crippen LogP contribution in [-0.2, 0) is 4.74 Å². The van der Waals surface area contributed by atoms with E-state index in [-0.39, 0.29) is 24.7 Å². The molecule has 0 spiro atoms. The Morgan fingerprint density at radius 3 is 2.57 bits per heavy atom. The van der Waals surface area contributed by atoms with E-state index in [1.165, 1.54) is 12.3 Å². The third-order valence-electron chi connectivity index (χ3n) is 4.55. The largest absolute Gasteiger partial charge is 0.431 e. The van der Waals surface area contributed by atoms with E-state index in [0.717, 1.165) is 0 Å². The number of alkyl halides is 3. The standard InChI is InChI=1S/C17H19F3N6O2/c18-11-8-26(9-11)17-23-12(6-14(24-17)25-1-3-27-4-2-25)10-5-13(28-16(19)20)15(21)22-7-10/h5-7,11,16H,1-4,8-9H2,(H2,21,22). The van der Waals surface area contributed by atoms with E-state index >= 15 is 0 Å². The Bertz CT molecular complexity index is 844. The maximum atomic E-state index is 13.3. The number of rotatable bonds is 5. The van der Waals surface area contributed by atoms with Crippen molar-refractivity contribution in [3.8, 4) is 17.0 Å². The summed E-state index contributed by atoms with van der Waals surface area (Å²) in [5.41, 5.74) is 6.52. The van der Waals surface area contributed by atoms with Gasteiger partial charge in [0.05, 0.1) is 32.0 Å². The zero-order valence-corrected chi connectivity index (χ0v) is 14.9. The van der Waals surface area contributed by atoms with Gasteiger partial charge in [-0.25, -0.2) is 14.4 Å². The Labute approximate surface area is 159 Å². The quantitative estimate of drug-likeness (QED) is 0.817. The van der Waals surface area contributed by atoms with Crippen molar-refractivity contribution >= 4 is 17.6 Å². The first-order chi connectivity index (χ1) is 13.5. The number of nitrogens with zero attached hydrogens (tertiary/aromatic N) is 5. The SMILES string of the molecule is Nc1ncc(-c2cc(N3CCOCC3)nc(N3CC(F)C3)n2)cc1OC(F)F. The van der Waals surface area contributed by atoms with Crippen LogP contribution in [-0.4, -0.2) is 67.1 Å². The molecule has 0 amide bonds. The van der Waals surface area contributed by atoms with Gasteiger partial charge < -0.3 is 25.0 Å². The molecule has 0 radical (unpaired) electrons. The molecule has 2 N–H and O–H groups in total. The fourth-order valence-electron chi connectivity index (χ4n) is 3.04. The molecule has 8 nitrogen and oxygen atoms in total. The smallest absolute Gasteiger partial charge is 0.387 e. The minimum absolute atomic E-state index is 0.144. The number of ether oxygens (including phenoxy) is 2. The van der Waals surface area contributed by atoms with Gasteiger partial charge in [-0.3, -0.25) is 0 Å². The molecule has 0 aliphatic carbocycles. The topological polar surface area (TPSA) is 89.6 Å². The summed E-state index contributed by atoms with van der Waals surface area (Å²) in [7, 11) is 0. The molecule has 11 heteroatoms. The number of pyridine rings is 1. The molecule has 150 valence electrons. The van der Waals surface area contributed by atoms with Gasteiger partial charge >= 0.3 is 6.61 Å². The minimum atomic E-state index is -3.02. The molecule has 2 fully saturated rings.